The topological polar surface area (TPSA) is 27.7 Å². The number of alkyl halides is 3. The molecule has 0 aromatic heterocycles. The maximum Gasteiger partial charge on any atom is 0.573 e. The highest BCUT2D eigenvalue weighted by Gasteiger charge is 2.30. The zero-order valence-electron chi connectivity index (χ0n) is 15.2. The van der Waals surface area contributed by atoms with Crippen LogP contribution in [0.4, 0.5) is 13.2 Å². The van der Waals surface area contributed by atoms with Crippen LogP contribution in [0.3, 0.4) is 0 Å². The van der Waals surface area contributed by atoms with Gasteiger partial charge in [-0.15, -0.1) is 13.2 Å². The molecule has 0 radical (unpaired) electrons. The summed E-state index contributed by atoms with van der Waals surface area (Å²) in [7, 11) is 0. The lowest BCUT2D eigenvalue weighted by atomic mass is 10.0. The van der Waals surface area contributed by atoms with E-state index in [0.717, 1.165) is 34.2 Å². The smallest absolute Gasteiger partial charge is 0.493 e. The molecule has 0 aliphatic heterocycles. The average Bonchev–Trinajstić information content (AvgIpc) is 2.61. The van der Waals surface area contributed by atoms with Gasteiger partial charge in [0.2, 0.25) is 0 Å². The molecule has 0 unspecified atom stereocenters. The fourth-order valence-corrected chi connectivity index (χ4v) is 3.14. The number of benzene rings is 2. The van der Waals surface area contributed by atoms with E-state index in [1.165, 1.54) is 24.3 Å². The summed E-state index contributed by atoms with van der Waals surface area (Å²) in [5.41, 5.74) is 2.31. The van der Waals surface area contributed by atoms with Crippen molar-refractivity contribution in [2.24, 2.45) is 0 Å². The maximum absolute atomic E-state index is 12.1. The van der Waals surface area contributed by atoms with Crippen LogP contribution in [0.5, 0.6) is 17.2 Å². The Kier molecular flexibility index (Phi) is 7.83. The molecule has 7 heteroatoms. The lowest BCUT2D eigenvalue weighted by molar-refractivity contribution is -0.274. The SMILES string of the molecule is CCc1cc(Br)cc(CC)c1OCCCOc1ccc(OC(F)(F)F)cc1. The van der Waals surface area contributed by atoms with Crippen LogP contribution in [0.2, 0.25) is 0 Å². The minimum atomic E-state index is -4.69. The molecule has 148 valence electrons. The molecule has 0 amide bonds. The van der Waals surface area contributed by atoms with Crippen LogP contribution in [0.15, 0.2) is 40.9 Å². The second-order valence-corrected chi connectivity index (χ2v) is 6.75. The summed E-state index contributed by atoms with van der Waals surface area (Å²) >= 11 is 3.52. The van der Waals surface area contributed by atoms with Crippen LogP contribution >= 0.6 is 15.9 Å². The third-order valence-corrected chi connectivity index (χ3v) is 4.29. The first-order chi connectivity index (χ1) is 12.8. The largest absolute Gasteiger partial charge is 0.573 e. The van der Waals surface area contributed by atoms with E-state index in [9.17, 15) is 13.2 Å². The van der Waals surface area contributed by atoms with Gasteiger partial charge in [0.05, 0.1) is 13.2 Å². The van der Waals surface area contributed by atoms with Crippen molar-refractivity contribution in [3.63, 3.8) is 0 Å². The molecule has 27 heavy (non-hydrogen) atoms. The van der Waals surface area contributed by atoms with Crippen molar-refractivity contribution in [2.75, 3.05) is 13.2 Å². The Morgan fingerprint density at radius 2 is 1.37 bits per heavy atom. The van der Waals surface area contributed by atoms with E-state index in [-0.39, 0.29) is 5.75 Å². The van der Waals surface area contributed by atoms with Crippen LogP contribution in [-0.2, 0) is 12.8 Å². The molecule has 0 spiro atoms. The Labute approximate surface area is 165 Å². The lowest BCUT2D eigenvalue weighted by Gasteiger charge is -2.15. The van der Waals surface area contributed by atoms with Gasteiger partial charge in [0.15, 0.2) is 0 Å². The van der Waals surface area contributed by atoms with Crippen LogP contribution < -0.4 is 14.2 Å². The summed E-state index contributed by atoms with van der Waals surface area (Å²) in [4.78, 5) is 0. The fraction of sp³-hybridized carbons (Fsp3) is 0.400. The molecule has 0 fully saturated rings. The molecular weight excluding hydrogens is 425 g/mol. The summed E-state index contributed by atoms with van der Waals surface area (Å²) in [6, 6.07) is 9.47. The van der Waals surface area contributed by atoms with E-state index >= 15 is 0 Å². The predicted molar refractivity (Wildman–Crippen MR) is 102 cm³/mol. The van der Waals surface area contributed by atoms with Crippen LogP contribution in [0.25, 0.3) is 0 Å². The predicted octanol–water partition coefficient (Wildman–Crippen LogP) is 6.32. The molecule has 2 aromatic carbocycles. The van der Waals surface area contributed by atoms with Gasteiger partial charge in [-0.2, -0.15) is 0 Å². The Balaban J connectivity index is 1.81. The number of ether oxygens (including phenoxy) is 3. The standard InChI is InChI=1S/C20H22BrF3O3/c1-3-14-12-16(21)13-15(4-2)19(14)26-11-5-10-25-17-6-8-18(9-7-17)27-20(22,23)24/h6-9,12-13H,3-5,10-11H2,1-2H3. The third-order valence-electron chi connectivity index (χ3n) is 3.83. The second-order valence-electron chi connectivity index (χ2n) is 5.83. The van der Waals surface area contributed by atoms with E-state index in [2.05, 4.69) is 46.6 Å². The molecule has 0 heterocycles. The Morgan fingerprint density at radius 3 is 1.89 bits per heavy atom. The first-order valence-corrected chi connectivity index (χ1v) is 9.54. The Hall–Kier alpha value is -1.89. The van der Waals surface area contributed by atoms with Gasteiger partial charge in [0.25, 0.3) is 0 Å². The maximum atomic E-state index is 12.1. The van der Waals surface area contributed by atoms with Gasteiger partial charge in [0, 0.05) is 10.9 Å². The third kappa shape index (κ3) is 6.97. The van der Waals surface area contributed by atoms with Gasteiger partial charge in [-0.25, -0.2) is 0 Å². The van der Waals surface area contributed by atoms with Gasteiger partial charge in [-0.3, -0.25) is 0 Å². The molecule has 0 N–H and O–H groups in total. The average molecular weight is 447 g/mol. The van der Waals surface area contributed by atoms with Crippen molar-refractivity contribution in [1.82, 2.24) is 0 Å². The molecule has 2 rings (SSSR count). The molecular formula is C20H22BrF3O3. The first-order valence-electron chi connectivity index (χ1n) is 8.75. The zero-order valence-corrected chi connectivity index (χ0v) is 16.8. The van der Waals surface area contributed by atoms with Crippen molar-refractivity contribution in [1.29, 1.82) is 0 Å². The highest BCUT2D eigenvalue weighted by atomic mass is 79.9. The molecule has 3 nitrogen and oxygen atoms in total. The van der Waals surface area contributed by atoms with Crippen molar-refractivity contribution in [3.8, 4) is 17.2 Å². The van der Waals surface area contributed by atoms with E-state index in [0.29, 0.717) is 25.4 Å². The van der Waals surface area contributed by atoms with Crippen LogP contribution in [0.1, 0.15) is 31.4 Å². The van der Waals surface area contributed by atoms with Crippen molar-refractivity contribution < 1.29 is 27.4 Å². The number of aryl methyl sites for hydroxylation is 2. The highest BCUT2D eigenvalue weighted by Crippen LogP contribution is 2.30. The highest BCUT2D eigenvalue weighted by molar-refractivity contribution is 9.10. The molecule has 0 aliphatic rings. The van der Waals surface area contributed by atoms with E-state index < -0.39 is 6.36 Å². The number of rotatable bonds is 9. The zero-order chi connectivity index (χ0) is 19.9. The summed E-state index contributed by atoms with van der Waals surface area (Å²) in [6.45, 7) is 5.07. The van der Waals surface area contributed by atoms with E-state index in [4.69, 9.17) is 9.47 Å². The summed E-state index contributed by atoms with van der Waals surface area (Å²) in [5.74, 6) is 1.14. The molecule has 0 aliphatic carbocycles. The van der Waals surface area contributed by atoms with Crippen LogP contribution in [-0.4, -0.2) is 19.6 Å². The summed E-state index contributed by atoms with van der Waals surface area (Å²) in [6.07, 6.45) is -2.28. The van der Waals surface area contributed by atoms with Crippen molar-refractivity contribution >= 4 is 15.9 Å². The molecule has 2 aromatic rings. The second kappa shape index (κ2) is 9.88. The van der Waals surface area contributed by atoms with Gasteiger partial charge in [-0.1, -0.05) is 29.8 Å². The Bertz CT molecular complexity index is 705. The molecule has 0 atom stereocenters. The van der Waals surface area contributed by atoms with Crippen molar-refractivity contribution in [3.05, 3.63) is 52.0 Å². The van der Waals surface area contributed by atoms with Gasteiger partial charge in [0.1, 0.15) is 17.2 Å². The normalized spacial score (nSPS) is 11.3. The summed E-state index contributed by atoms with van der Waals surface area (Å²) < 4.78 is 52.8. The van der Waals surface area contributed by atoms with Crippen molar-refractivity contribution in [2.45, 2.75) is 39.5 Å². The molecule has 0 saturated heterocycles. The number of hydrogen-bond acceptors (Lipinski definition) is 3. The minimum Gasteiger partial charge on any atom is -0.493 e. The fourth-order valence-electron chi connectivity index (χ4n) is 2.58. The van der Waals surface area contributed by atoms with Gasteiger partial charge >= 0.3 is 6.36 Å². The van der Waals surface area contributed by atoms with Crippen LogP contribution in [0, 0.1) is 0 Å². The lowest BCUT2D eigenvalue weighted by Crippen LogP contribution is -2.17. The summed E-state index contributed by atoms with van der Waals surface area (Å²) in [5, 5.41) is 0. The first kappa shape index (κ1) is 21.4. The monoisotopic (exact) mass is 446 g/mol. The van der Waals surface area contributed by atoms with E-state index in [1.54, 1.807) is 0 Å². The van der Waals surface area contributed by atoms with Gasteiger partial charge in [-0.05, 0) is 60.4 Å². The molecule has 0 saturated carbocycles. The Morgan fingerprint density at radius 1 is 0.852 bits per heavy atom. The minimum absolute atomic E-state index is 0.271. The van der Waals surface area contributed by atoms with Gasteiger partial charge < -0.3 is 14.2 Å². The van der Waals surface area contributed by atoms with E-state index in [1.807, 2.05) is 0 Å². The molecule has 0 bridgehead atoms. The number of hydrogen-bond donors (Lipinski definition) is 0. The number of halogens is 4. The quantitative estimate of drug-likeness (QED) is 0.421.